The second kappa shape index (κ2) is 6.00. The smallest absolute Gasteiger partial charge is 0.319 e. The predicted octanol–water partition coefficient (Wildman–Crippen LogP) is 0.995. The Kier molecular flexibility index (Phi) is 4.14. The average Bonchev–Trinajstić information content (AvgIpc) is 2.41. The van der Waals surface area contributed by atoms with Crippen molar-refractivity contribution in [2.45, 2.75) is 18.9 Å². The van der Waals surface area contributed by atoms with E-state index in [2.05, 4.69) is 16.0 Å². The summed E-state index contributed by atoms with van der Waals surface area (Å²) in [7, 11) is 0. The molecule has 1 atom stereocenters. The number of hydrogen-bond acceptors (Lipinski definition) is 4. The molecular formula is C12H14N4O4. The fourth-order valence-corrected chi connectivity index (χ4v) is 1.93. The number of non-ortho nitro benzene ring substituents is 1. The molecule has 8 nitrogen and oxygen atoms in total. The van der Waals surface area contributed by atoms with Crippen molar-refractivity contribution in [3.63, 3.8) is 0 Å². The number of nitrogens with one attached hydrogen (secondary N) is 3. The Balaban J connectivity index is 1.95. The van der Waals surface area contributed by atoms with Crippen molar-refractivity contribution < 1.29 is 14.5 Å². The van der Waals surface area contributed by atoms with Crippen molar-refractivity contribution in [1.82, 2.24) is 10.6 Å². The first-order valence-corrected chi connectivity index (χ1v) is 6.16. The molecule has 1 aliphatic rings. The van der Waals surface area contributed by atoms with E-state index in [1.54, 1.807) is 0 Å². The number of benzene rings is 1. The molecular weight excluding hydrogens is 264 g/mol. The van der Waals surface area contributed by atoms with Crippen molar-refractivity contribution in [1.29, 1.82) is 0 Å². The van der Waals surface area contributed by atoms with Gasteiger partial charge in [-0.15, -0.1) is 0 Å². The summed E-state index contributed by atoms with van der Waals surface area (Å²) in [5.41, 5.74) is 0.186. The highest BCUT2D eigenvalue weighted by molar-refractivity contribution is 5.94. The van der Waals surface area contributed by atoms with Gasteiger partial charge in [-0.05, 0) is 18.9 Å². The van der Waals surface area contributed by atoms with Crippen LogP contribution in [0.1, 0.15) is 12.8 Å². The van der Waals surface area contributed by atoms with Gasteiger partial charge < -0.3 is 16.0 Å². The van der Waals surface area contributed by atoms with Crippen molar-refractivity contribution >= 4 is 23.3 Å². The number of hydrogen-bond donors (Lipinski definition) is 3. The lowest BCUT2D eigenvalue weighted by molar-refractivity contribution is -0.384. The van der Waals surface area contributed by atoms with Crippen molar-refractivity contribution in [2.75, 3.05) is 11.9 Å². The maximum absolute atomic E-state index is 11.7. The normalized spacial score (nSPS) is 18.0. The Morgan fingerprint density at radius 1 is 1.45 bits per heavy atom. The number of carbonyl (C=O) groups is 2. The van der Waals surface area contributed by atoms with Crippen LogP contribution in [0.3, 0.4) is 0 Å². The van der Waals surface area contributed by atoms with Gasteiger partial charge >= 0.3 is 6.03 Å². The Bertz CT molecular complexity index is 546. The predicted molar refractivity (Wildman–Crippen MR) is 71.3 cm³/mol. The van der Waals surface area contributed by atoms with Crippen LogP contribution >= 0.6 is 0 Å². The number of anilines is 1. The van der Waals surface area contributed by atoms with E-state index in [9.17, 15) is 19.7 Å². The number of amides is 3. The second-order valence-electron chi connectivity index (χ2n) is 4.39. The molecule has 106 valence electrons. The van der Waals surface area contributed by atoms with Crippen LogP contribution in [0, 0.1) is 10.1 Å². The van der Waals surface area contributed by atoms with Gasteiger partial charge in [0.05, 0.1) is 4.92 Å². The van der Waals surface area contributed by atoms with Crippen molar-refractivity contribution in [2.24, 2.45) is 0 Å². The molecule has 1 heterocycles. The lowest BCUT2D eigenvalue weighted by Gasteiger charge is -2.22. The number of rotatable bonds is 3. The number of nitrogens with zero attached hydrogens (tertiary/aromatic N) is 1. The Labute approximate surface area is 114 Å². The van der Waals surface area contributed by atoms with Crippen LogP contribution in [-0.2, 0) is 4.79 Å². The molecule has 1 saturated heterocycles. The fourth-order valence-electron chi connectivity index (χ4n) is 1.93. The Morgan fingerprint density at radius 2 is 2.25 bits per heavy atom. The summed E-state index contributed by atoms with van der Waals surface area (Å²) < 4.78 is 0. The summed E-state index contributed by atoms with van der Waals surface area (Å²) in [5, 5.41) is 18.3. The van der Waals surface area contributed by atoms with Crippen LogP contribution in [0.4, 0.5) is 16.2 Å². The van der Waals surface area contributed by atoms with Crippen LogP contribution in [-0.4, -0.2) is 29.4 Å². The first-order valence-electron chi connectivity index (χ1n) is 6.16. The highest BCUT2D eigenvalue weighted by atomic mass is 16.6. The van der Waals surface area contributed by atoms with Crippen molar-refractivity contribution in [3.8, 4) is 0 Å². The minimum absolute atomic E-state index is 0.113. The third-order valence-corrected chi connectivity index (χ3v) is 2.91. The molecule has 20 heavy (non-hydrogen) atoms. The van der Waals surface area contributed by atoms with Gasteiger partial charge in [-0.3, -0.25) is 14.9 Å². The first-order chi connectivity index (χ1) is 9.56. The monoisotopic (exact) mass is 278 g/mol. The van der Waals surface area contributed by atoms with Gasteiger partial charge in [-0.2, -0.15) is 0 Å². The molecule has 2 rings (SSSR count). The summed E-state index contributed by atoms with van der Waals surface area (Å²) in [6.07, 6.45) is 1.38. The number of urea groups is 1. The van der Waals surface area contributed by atoms with Crippen molar-refractivity contribution in [3.05, 3.63) is 34.4 Å². The van der Waals surface area contributed by atoms with Crippen LogP contribution in [0.25, 0.3) is 0 Å². The lowest BCUT2D eigenvalue weighted by atomic mass is 10.1. The molecule has 0 spiro atoms. The highest BCUT2D eigenvalue weighted by Gasteiger charge is 2.23. The van der Waals surface area contributed by atoms with Gasteiger partial charge in [0.2, 0.25) is 5.91 Å². The highest BCUT2D eigenvalue weighted by Crippen LogP contribution is 2.16. The van der Waals surface area contributed by atoms with Gasteiger partial charge in [0.1, 0.15) is 6.04 Å². The summed E-state index contributed by atoms with van der Waals surface area (Å²) in [4.78, 5) is 33.3. The topological polar surface area (TPSA) is 113 Å². The average molecular weight is 278 g/mol. The second-order valence-corrected chi connectivity index (χ2v) is 4.39. The molecule has 1 aromatic rings. The van der Waals surface area contributed by atoms with Gasteiger partial charge in [-0.25, -0.2) is 4.79 Å². The van der Waals surface area contributed by atoms with Gasteiger partial charge in [-0.1, -0.05) is 6.07 Å². The Morgan fingerprint density at radius 3 is 2.95 bits per heavy atom. The number of nitro benzene ring substituents is 1. The molecule has 1 fully saturated rings. The van der Waals surface area contributed by atoms with E-state index in [4.69, 9.17) is 0 Å². The van der Waals surface area contributed by atoms with Crippen LogP contribution in [0.2, 0.25) is 0 Å². The van der Waals surface area contributed by atoms with Crippen LogP contribution in [0.5, 0.6) is 0 Å². The molecule has 0 aliphatic carbocycles. The number of carbonyl (C=O) groups excluding carboxylic acids is 2. The maximum atomic E-state index is 11.7. The van der Waals surface area contributed by atoms with Crippen LogP contribution < -0.4 is 16.0 Å². The van der Waals surface area contributed by atoms with E-state index in [-0.39, 0.29) is 11.6 Å². The molecule has 0 saturated carbocycles. The summed E-state index contributed by atoms with van der Waals surface area (Å²) in [5.74, 6) is -0.217. The summed E-state index contributed by atoms with van der Waals surface area (Å²) in [6.45, 7) is 0.615. The van der Waals surface area contributed by atoms with E-state index in [0.29, 0.717) is 18.7 Å². The molecule has 1 aromatic carbocycles. The third-order valence-electron chi connectivity index (χ3n) is 2.91. The molecule has 3 amide bonds. The zero-order valence-electron chi connectivity index (χ0n) is 10.6. The molecule has 0 bridgehead atoms. The van der Waals surface area contributed by atoms with Gasteiger partial charge in [0, 0.05) is 24.4 Å². The lowest BCUT2D eigenvalue weighted by Crippen LogP contribution is -2.51. The largest absolute Gasteiger partial charge is 0.354 e. The molecule has 0 unspecified atom stereocenters. The quantitative estimate of drug-likeness (QED) is 0.565. The van der Waals surface area contributed by atoms with E-state index in [1.165, 1.54) is 24.3 Å². The zero-order valence-corrected chi connectivity index (χ0v) is 10.6. The molecule has 0 aromatic heterocycles. The van der Waals surface area contributed by atoms with Gasteiger partial charge in [0.25, 0.3) is 5.69 Å². The molecule has 8 heteroatoms. The van der Waals surface area contributed by atoms with E-state index >= 15 is 0 Å². The standard InChI is InChI=1S/C12H14N4O4/c17-11-10(5-2-6-13-11)15-12(18)14-8-3-1-4-9(7-8)16(19)20/h1,3-4,7,10H,2,5-6H2,(H,13,17)(H2,14,15,18)/t10-/m1/s1. The fraction of sp³-hybridized carbons (Fsp3) is 0.333. The van der Waals surface area contributed by atoms with Crippen LogP contribution in [0.15, 0.2) is 24.3 Å². The molecule has 3 N–H and O–H groups in total. The zero-order chi connectivity index (χ0) is 14.5. The maximum Gasteiger partial charge on any atom is 0.319 e. The first kappa shape index (κ1) is 13.8. The summed E-state index contributed by atoms with van der Waals surface area (Å²) in [6, 6.07) is 4.46. The Hall–Kier alpha value is -2.64. The minimum Gasteiger partial charge on any atom is -0.354 e. The number of piperidine rings is 1. The minimum atomic E-state index is -0.567. The molecule has 0 radical (unpaired) electrons. The molecule has 1 aliphatic heterocycles. The van der Waals surface area contributed by atoms with E-state index < -0.39 is 17.0 Å². The number of nitro groups is 1. The van der Waals surface area contributed by atoms with E-state index in [0.717, 1.165) is 6.42 Å². The van der Waals surface area contributed by atoms with E-state index in [1.807, 2.05) is 0 Å². The summed E-state index contributed by atoms with van der Waals surface area (Å²) >= 11 is 0. The van der Waals surface area contributed by atoms with Gasteiger partial charge in [0.15, 0.2) is 0 Å². The SMILES string of the molecule is O=C(Nc1cccc([N+](=O)[O-])c1)N[C@@H]1CCCNC1=O. The third kappa shape index (κ3) is 3.44.